The molecule has 4 heteroatoms. The highest BCUT2D eigenvalue weighted by Crippen LogP contribution is 2.47. The van der Waals surface area contributed by atoms with Gasteiger partial charge in [-0.25, -0.2) is 4.98 Å². The van der Waals surface area contributed by atoms with Gasteiger partial charge in [0.1, 0.15) is 0 Å². The fourth-order valence-electron chi connectivity index (χ4n) is 2.63. The number of hydrogen-bond donors (Lipinski definition) is 1. The van der Waals surface area contributed by atoms with Gasteiger partial charge in [0.25, 0.3) is 0 Å². The number of imidazole rings is 1. The zero-order valence-electron chi connectivity index (χ0n) is 10.2. The van der Waals surface area contributed by atoms with Gasteiger partial charge in [0.2, 0.25) is 0 Å². The average Bonchev–Trinajstić information content (AvgIpc) is 2.94. The molecule has 2 atom stereocenters. The molecule has 3 nitrogen and oxygen atoms in total. The van der Waals surface area contributed by atoms with E-state index in [0.29, 0.717) is 6.04 Å². The van der Waals surface area contributed by atoms with Crippen molar-refractivity contribution in [2.75, 3.05) is 0 Å². The van der Waals surface area contributed by atoms with Crippen LogP contribution in [0.4, 0.5) is 0 Å². The topological polar surface area (TPSA) is 33.6 Å². The zero-order chi connectivity index (χ0) is 12.0. The summed E-state index contributed by atoms with van der Waals surface area (Å²) in [7, 11) is 0. The van der Waals surface area contributed by atoms with Crippen LogP contribution in [-0.4, -0.2) is 14.5 Å². The fraction of sp³-hybridized carbons (Fsp3) is 0.538. The molecule has 0 amide bonds. The third kappa shape index (κ3) is 1.80. The first-order valence-corrected chi connectivity index (χ1v) is 6.69. The molecule has 2 unspecified atom stereocenters. The second-order valence-electron chi connectivity index (χ2n) is 4.98. The predicted molar refractivity (Wildman–Crippen MR) is 71.7 cm³/mol. The Hall–Kier alpha value is -1.16. The molecular weight excluding hydrogens is 230 g/mol. The lowest BCUT2D eigenvalue weighted by Gasteiger charge is -2.03. The van der Waals surface area contributed by atoms with Crippen molar-refractivity contribution in [3.63, 3.8) is 0 Å². The van der Waals surface area contributed by atoms with E-state index in [1.54, 1.807) is 0 Å². The molecule has 1 aliphatic rings. The molecule has 0 bridgehead atoms. The van der Waals surface area contributed by atoms with Gasteiger partial charge in [-0.3, -0.25) is 4.57 Å². The van der Waals surface area contributed by atoms with E-state index in [1.807, 2.05) is 13.0 Å². The van der Waals surface area contributed by atoms with Crippen LogP contribution in [0.1, 0.15) is 37.9 Å². The van der Waals surface area contributed by atoms with E-state index in [2.05, 4.69) is 27.5 Å². The van der Waals surface area contributed by atoms with E-state index in [0.717, 1.165) is 27.5 Å². The van der Waals surface area contributed by atoms with E-state index in [1.165, 1.54) is 19.3 Å². The Bertz CT molecular complexity index is 611. The Kier molecular flexibility index (Phi) is 2.54. The number of hydrogen-bond acceptors (Lipinski definition) is 2. The molecule has 0 radical (unpaired) electrons. The Labute approximate surface area is 106 Å². The van der Waals surface area contributed by atoms with Gasteiger partial charge in [0, 0.05) is 11.7 Å². The van der Waals surface area contributed by atoms with E-state index >= 15 is 0 Å². The molecule has 1 fully saturated rings. The number of fused-ring (bicyclic) bond motifs is 1. The minimum absolute atomic E-state index is 0.575. The molecule has 1 N–H and O–H groups in total. The van der Waals surface area contributed by atoms with Crippen LogP contribution in [-0.2, 0) is 0 Å². The van der Waals surface area contributed by atoms with Crippen LogP contribution < -0.4 is 0 Å². The van der Waals surface area contributed by atoms with E-state index in [4.69, 9.17) is 12.2 Å². The van der Waals surface area contributed by atoms with Crippen LogP contribution in [0, 0.1) is 17.6 Å². The molecule has 2 aromatic rings. The molecule has 2 aromatic heterocycles. The highest BCUT2D eigenvalue weighted by Gasteiger charge is 2.39. The lowest BCUT2D eigenvalue weighted by atomic mass is 10.2. The monoisotopic (exact) mass is 247 g/mol. The molecule has 0 aliphatic heterocycles. The van der Waals surface area contributed by atoms with Crippen molar-refractivity contribution in [3.8, 4) is 0 Å². The molecule has 3 rings (SSSR count). The van der Waals surface area contributed by atoms with Crippen molar-refractivity contribution in [1.82, 2.24) is 14.5 Å². The smallest absolute Gasteiger partial charge is 0.179 e. The van der Waals surface area contributed by atoms with Crippen LogP contribution in [0.2, 0.25) is 0 Å². The summed E-state index contributed by atoms with van der Waals surface area (Å²) in [5.41, 5.74) is 3.13. The molecular formula is C13H17N3S. The van der Waals surface area contributed by atoms with Crippen LogP contribution >= 0.6 is 12.2 Å². The van der Waals surface area contributed by atoms with Gasteiger partial charge in [-0.1, -0.05) is 13.3 Å². The van der Waals surface area contributed by atoms with Crippen molar-refractivity contribution in [1.29, 1.82) is 0 Å². The number of pyridine rings is 1. The maximum atomic E-state index is 5.42. The summed E-state index contributed by atoms with van der Waals surface area (Å²) >= 11 is 5.42. The van der Waals surface area contributed by atoms with Gasteiger partial charge in [0.15, 0.2) is 10.4 Å². The average molecular weight is 247 g/mol. The molecule has 0 aromatic carbocycles. The number of rotatable bonds is 3. The zero-order valence-corrected chi connectivity index (χ0v) is 11.0. The van der Waals surface area contributed by atoms with Crippen molar-refractivity contribution < 1.29 is 0 Å². The van der Waals surface area contributed by atoms with E-state index in [9.17, 15) is 0 Å². The SMILES string of the molecule is CCCC1CC1n1c(=S)[nH]c2ccc(C)nc21. The third-order valence-corrected chi connectivity index (χ3v) is 3.88. The summed E-state index contributed by atoms with van der Waals surface area (Å²) in [5.74, 6) is 0.799. The number of aryl methyl sites for hydroxylation is 1. The van der Waals surface area contributed by atoms with Gasteiger partial charge in [-0.15, -0.1) is 0 Å². The van der Waals surface area contributed by atoms with Gasteiger partial charge < -0.3 is 4.98 Å². The largest absolute Gasteiger partial charge is 0.329 e. The Morgan fingerprint density at radius 1 is 1.53 bits per heavy atom. The number of aromatic amines is 1. The molecule has 17 heavy (non-hydrogen) atoms. The van der Waals surface area contributed by atoms with Crippen LogP contribution in [0.5, 0.6) is 0 Å². The van der Waals surface area contributed by atoms with Gasteiger partial charge in [-0.2, -0.15) is 0 Å². The number of nitrogens with zero attached hydrogens (tertiary/aromatic N) is 2. The number of nitrogens with one attached hydrogen (secondary N) is 1. The summed E-state index contributed by atoms with van der Waals surface area (Å²) in [6.07, 6.45) is 3.80. The maximum Gasteiger partial charge on any atom is 0.179 e. The highest BCUT2D eigenvalue weighted by molar-refractivity contribution is 7.71. The van der Waals surface area contributed by atoms with Gasteiger partial charge in [-0.05, 0) is 50.0 Å². The summed E-state index contributed by atoms with van der Waals surface area (Å²) < 4.78 is 3.04. The predicted octanol–water partition coefficient (Wildman–Crippen LogP) is 3.76. The molecule has 2 heterocycles. The lowest BCUT2D eigenvalue weighted by Crippen LogP contribution is -1.98. The number of aromatic nitrogens is 3. The molecule has 90 valence electrons. The molecule has 0 saturated heterocycles. The van der Waals surface area contributed by atoms with Crippen molar-refractivity contribution in [2.45, 2.75) is 39.2 Å². The first-order valence-electron chi connectivity index (χ1n) is 6.28. The Morgan fingerprint density at radius 2 is 2.35 bits per heavy atom. The normalized spacial score (nSPS) is 23.2. The summed E-state index contributed by atoms with van der Waals surface area (Å²) in [6, 6.07) is 4.67. The molecule has 1 aliphatic carbocycles. The number of H-pyrrole nitrogens is 1. The minimum atomic E-state index is 0.575. The first-order chi connectivity index (χ1) is 8.20. The summed E-state index contributed by atoms with van der Waals surface area (Å²) in [4.78, 5) is 7.87. The maximum absolute atomic E-state index is 5.42. The van der Waals surface area contributed by atoms with Crippen LogP contribution in [0.15, 0.2) is 12.1 Å². The lowest BCUT2D eigenvalue weighted by molar-refractivity contribution is 0.610. The van der Waals surface area contributed by atoms with Gasteiger partial charge in [0.05, 0.1) is 5.52 Å². The fourth-order valence-corrected chi connectivity index (χ4v) is 2.96. The third-order valence-electron chi connectivity index (χ3n) is 3.58. The second kappa shape index (κ2) is 3.95. The van der Waals surface area contributed by atoms with Crippen LogP contribution in [0.25, 0.3) is 11.2 Å². The van der Waals surface area contributed by atoms with E-state index < -0.39 is 0 Å². The minimum Gasteiger partial charge on any atom is -0.329 e. The first kappa shape index (κ1) is 11.0. The molecule has 1 saturated carbocycles. The standard InChI is InChI=1S/C13H17N3S/c1-3-4-9-7-11(9)16-12-10(15-13(16)17)6-5-8(2)14-12/h5-6,9,11H,3-4,7H2,1-2H3,(H,15,17). The Balaban J connectivity index is 2.07. The Morgan fingerprint density at radius 3 is 3.12 bits per heavy atom. The van der Waals surface area contributed by atoms with Crippen molar-refractivity contribution >= 4 is 23.4 Å². The quantitative estimate of drug-likeness (QED) is 0.838. The summed E-state index contributed by atoms with van der Waals surface area (Å²) in [5, 5.41) is 0. The second-order valence-corrected chi connectivity index (χ2v) is 5.36. The summed E-state index contributed by atoms with van der Waals surface area (Å²) in [6.45, 7) is 4.27. The van der Waals surface area contributed by atoms with Gasteiger partial charge >= 0.3 is 0 Å². The van der Waals surface area contributed by atoms with Crippen molar-refractivity contribution in [2.24, 2.45) is 5.92 Å². The highest BCUT2D eigenvalue weighted by atomic mass is 32.1. The molecule has 0 spiro atoms. The van der Waals surface area contributed by atoms with E-state index in [-0.39, 0.29) is 0 Å². The van der Waals surface area contributed by atoms with Crippen molar-refractivity contribution in [3.05, 3.63) is 22.6 Å². The van der Waals surface area contributed by atoms with Crippen LogP contribution in [0.3, 0.4) is 0 Å².